The summed E-state index contributed by atoms with van der Waals surface area (Å²) in [5.41, 5.74) is 0.589. The predicted octanol–water partition coefficient (Wildman–Crippen LogP) is 3.80. The summed E-state index contributed by atoms with van der Waals surface area (Å²) >= 11 is 0. The topological polar surface area (TPSA) is 72.5 Å². The minimum Gasteiger partial charge on any atom is -0.493 e. The van der Waals surface area contributed by atoms with Crippen molar-refractivity contribution in [2.75, 3.05) is 47.3 Å². The zero-order valence-electron chi connectivity index (χ0n) is 18.3. The summed E-state index contributed by atoms with van der Waals surface area (Å²) in [5.74, 6) is 1.53. The van der Waals surface area contributed by atoms with Crippen LogP contribution in [0.5, 0.6) is 17.2 Å². The van der Waals surface area contributed by atoms with Gasteiger partial charge < -0.3 is 28.4 Å². The molecule has 0 N–H and O–H groups in total. The number of benzene rings is 1. The number of hydrogen-bond acceptors (Lipinski definition) is 7. The van der Waals surface area contributed by atoms with Gasteiger partial charge in [0.15, 0.2) is 17.3 Å². The molecular formula is C22H34O7. The fourth-order valence-electron chi connectivity index (χ4n) is 3.16. The van der Waals surface area contributed by atoms with Crippen molar-refractivity contribution in [3.05, 3.63) is 17.2 Å². The maximum atomic E-state index is 12.6. The van der Waals surface area contributed by atoms with Crippen molar-refractivity contribution in [1.29, 1.82) is 0 Å². The molecule has 1 aromatic carbocycles. The Morgan fingerprint density at radius 1 is 1.00 bits per heavy atom. The third kappa shape index (κ3) is 6.59. The number of methoxy groups -OCH3 is 2. The van der Waals surface area contributed by atoms with Gasteiger partial charge in [-0.3, -0.25) is 4.79 Å². The van der Waals surface area contributed by atoms with E-state index in [2.05, 4.69) is 6.92 Å². The van der Waals surface area contributed by atoms with Crippen molar-refractivity contribution >= 4 is 5.78 Å². The number of fused-ring (bicyclic) bond motifs is 1. The molecule has 0 unspecified atom stereocenters. The molecule has 2 rings (SSSR count). The molecule has 0 fully saturated rings. The number of ether oxygens (including phenoxy) is 6. The third-order valence-electron chi connectivity index (χ3n) is 4.61. The van der Waals surface area contributed by atoms with E-state index in [1.54, 1.807) is 20.3 Å². The Morgan fingerprint density at radius 3 is 2.28 bits per heavy atom. The van der Waals surface area contributed by atoms with Gasteiger partial charge in [0.25, 0.3) is 0 Å². The lowest BCUT2D eigenvalue weighted by Gasteiger charge is -2.33. The molecule has 0 aromatic heterocycles. The Hall–Kier alpha value is -1.83. The zero-order chi connectivity index (χ0) is 21.3. The Bertz CT molecular complexity index is 670. The van der Waals surface area contributed by atoms with Crippen LogP contribution in [0.3, 0.4) is 0 Å². The van der Waals surface area contributed by atoms with Crippen molar-refractivity contribution in [3.8, 4) is 17.2 Å². The summed E-state index contributed by atoms with van der Waals surface area (Å²) < 4.78 is 33.8. The number of rotatable bonds is 13. The maximum Gasteiger partial charge on any atom is 0.170 e. The van der Waals surface area contributed by atoms with Crippen LogP contribution in [-0.4, -0.2) is 58.6 Å². The molecule has 0 amide bonds. The van der Waals surface area contributed by atoms with Crippen LogP contribution in [-0.2, 0) is 20.8 Å². The van der Waals surface area contributed by atoms with E-state index in [9.17, 15) is 4.79 Å². The Balaban J connectivity index is 1.97. The molecular weight excluding hydrogens is 376 g/mol. The SMILES string of the molecule is CCCCOCCOCCOCc1c(OC)c(OC)cc2c1OC(C)(C)CC2=O. The molecule has 1 aliphatic heterocycles. The van der Waals surface area contributed by atoms with Crippen LogP contribution < -0.4 is 14.2 Å². The smallest absolute Gasteiger partial charge is 0.170 e. The highest BCUT2D eigenvalue weighted by Crippen LogP contribution is 2.45. The summed E-state index contributed by atoms with van der Waals surface area (Å²) in [6.45, 7) is 8.90. The predicted molar refractivity (Wildman–Crippen MR) is 109 cm³/mol. The van der Waals surface area contributed by atoms with Gasteiger partial charge in [-0.25, -0.2) is 0 Å². The molecule has 0 bridgehead atoms. The van der Waals surface area contributed by atoms with Crippen molar-refractivity contribution in [2.45, 2.75) is 52.2 Å². The summed E-state index contributed by atoms with van der Waals surface area (Å²) in [7, 11) is 3.11. The average molecular weight is 411 g/mol. The summed E-state index contributed by atoms with van der Waals surface area (Å²) in [4.78, 5) is 12.6. The first-order chi connectivity index (χ1) is 13.9. The van der Waals surface area contributed by atoms with Crippen LogP contribution in [0, 0.1) is 0 Å². The van der Waals surface area contributed by atoms with Crippen molar-refractivity contribution in [3.63, 3.8) is 0 Å². The van der Waals surface area contributed by atoms with Gasteiger partial charge in [0.2, 0.25) is 0 Å². The molecule has 0 saturated heterocycles. The number of Topliss-reactive ketones (excluding diaryl/α,β-unsaturated/α-hetero) is 1. The lowest BCUT2D eigenvalue weighted by atomic mass is 9.91. The van der Waals surface area contributed by atoms with Crippen LogP contribution >= 0.6 is 0 Å². The molecule has 7 nitrogen and oxygen atoms in total. The van der Waals surface area contributed by atoms with Gasteiger partial charge in [0.1, 0.15) is 11.4 Å². The van der Waals surface area contributed by atoms with Gasteiger partial charge in [-0.1, -0.05) is 13.3 Å². The molecule has 1 aromatic rings. The van der Waals surface area contributed by atoms with E-state index in [1.807, 2.05) is 13.8 Å². The Kier molecular flexibility index (Phi) is 9.20. The minimum absolute atomic E-state index is 0.0184. The molecule has 7 heteroatoms. The van der Waals surface area contributed by atoms with Gasteiger partial charge >= 0.3 is 0 Å². The monoisotopic (exact) mass is 410 g/mol. The van der Waals surface area contributed by atoms with E-state index in [0.717, 1.165) is 19.4 Å². The van der Waals surface area contributed by atoms with Crippen LogP contribution in [0.1, 0.15) is 56.0 Å². The molecule has 1 heterocycles. The summed E-state index contributed by atoms with van der Waals surface area (Å²) in [6.07, 6.45) is 2.50. The fraction of sp³-hybridized carbons (Fsp3) is 0.682. The van der Waals surface area contributed by atoms with E-state index in [4.69, 9.17) is 28.4 Å². The van der Waals surface area contributed by atoms with Crippen molar-refractivity contribution in [1.82, 2.24) is 0 Å². The highest BCUT2D eigenvalue weighted by Gasteiger charge is 2.36. The maximum absolute atomic E-state index is 12.6. The minimum atomic E-state index is -0.584. The van der Waals surface area contributed by atoms with E-state index in [1.165, 1.54) is 0 Å². The highest BCUT2D eigenvalue weighted by atomic mass is 16.5. The molecule has 0 aliphatic carbocycles. The second kappa shape index (κ2) is 11.4. The quantitative estimate of drug-likeness (QED) is 0.458. The van der Waals surface area contributed by atoms with Gasteiger partial charge in [-0.2, -0.15) is 0 Å². The van der Waals surface area contributed by atoms with E-state index < -0.39 is 5.60 Å². The second-order valence-electron chi connectivity index (χ2n) is 7.56. The van der Waals surface area contributed by atoms with Gasteiger partial charge in [-0.15, -0.1) is 0 Å². The summed E-state index contributed by atoms with van der Waals surface area (Å²) in [5, 5.41) is 0. The van der Waals surface area contributed by atoms with Crippen molar-refractivity contribution < 1.29 is 33.2 Å². The zero-order valence-corrected chi connectivity index (χ0v) is 18.3. The molecule has 0 radical (unpaired) electrons. The largest absolute Gasteiger partial charge is 0.493 e. The first-order valence-corrected chi connectivity index (χ1v) is 10.2. The van der Waals surface area contributed by atoms with Crippen LogP contribution in [0.15, 0.2) is 6.07 Å². The van der Waals surface area contributed by atoms with E-state index in [-0.39, 0.29) is 12.4 Å². The fourth-order valence-corrected chi connectivity index (χ4v) is 3.16. The Morgan fingerprint density at radius 2 is 1.66 bits per heavy atom. The third-order valence-corrected chi connectivity index (χ3v) is 4.61. The van der Waals surface area contributed by atoms with Crippen LogP contribution in [0.25, 0.3) is 0 Å². The molecule has 0 spiro atoms. The van der Waals surface area contributed by atoms with E-state index >= 15 is 0 Å². The van der Waals surface area contributed by atoms with Gasteiger partial charge in [0, 0.05) is 6.61 Å². The first kappa shape index (κ1) is 23.4. The lowest BCUT2D eigenvalue weighted by Crippen LogP contribution is -2.36. The standard InChI is InChI=1S/C22H34O7/c1-6-7-8-26-9-10-27-11-12-28-15-17-20-16(13-19(24-4)21(17)25-5)18(23)14-22(2,3)29-20/h13H,6-12,14-15H2,1-5H3. The van der Waals surface area contributed by atoms with Crippen LogP contribution in [0.4, 0.5) is 0 Å². The highest BCUT2D eigenvalue weighted by molar-refractivity contribution is 6.01. The summed E-state index contributed by atoms with van der Waals surface area (Å²) in [6, 6.07) is 1.68. The van der Waals surface area contributed by atoms with Crippen molar-refractivity contribution in [2.24, 2.45) is 0 Å². The number of unbranched alkanes of at least 4 members (excludes halogenated alkanes) is 1. The number of carbonyl (C=O) groups is 1. The number of ketones is 1. The first-order valence-electron chi connectivity index (χ1n) is 10.2. The molecule has 0 atom stereocenters. The molecule has 1 aliphatic rings. The average Bonchev–Trinajstić information content (AvgIpc) is 2.68. The second-order valence-corrected chi connectivity index (χ2v) is 7.56. The lowest BCUT2D eigenvalue weighted by molar-refractivity contribution is 0.00850. The van der Waals surface area contributed by atoms with E-state index in [0.29, 0.717) is 61.2 Å². The number of carbonyl (C=O) groups excluding carboxylic acids is 1. The normalized spacial score (nSPS) is 15.0. The molecule has 29 heavy (non-hydrogen) atoms. The molecule has 164 valence electrons. The van der Waals surface area contributed by atoms with Gasteiger partial charge in [-0.05, 0) is 26.3 Å². The molecule has 0 saturated carbocycles. The van der Waals surface area contributed by atoms with Gasteiger partial charge in [0.05, 0.1) is 64.8 Å². The Labute approximate surface area is 173 Å². The van der Waals surface area contributed by atoms with Crippen LogP contribution in [0.2, 0.25) is 0 Å². The number of hydrogen-bond donors (Lipinski definition) is 0.